The van der Waals surface area contributed by atoms with Crippen molar-refractivity contribution in [1.29, 1.82) is 0 Å². The molecule has 2 aliphatic rings. The van der Waals surface area contributed by atoms with Gasteiger partial charge in [-0.2, -0.15) is 0 Å². The maximum Gasteiger partial charge on any atom is 0.191 e. The third-order valence-corrected chi connectivity index (χ3v) is 6.66. The number of nitrogens with zero attached hydrogens (tertiary/aromatic N) is 1. The number of guanidine groups is 1. The number of rotatable bonds is 6. The summed E-state index contributed by atoms with van der Waals surface area (Å²) < 4.78 is 5.93. The van der Waals surface area contributed by atoms with Crippen LogP contribution in [0.4, 0.5) is 0 Å². The first kappa shape index (κ1) is 19.3. The molecule has 2 heterocycles. The molecule has 3 unspecified atom stereocenters. The molecule has 1 aliphatic carbocycles. The molecule has 1 aliphatic heterocycles. The molecule has 0 bridgehead atoms. The quantitative estimate of drug-likeness (QED) is 0.528. The van der Waals surface area contributed by atoms with E-state index in [4.69, 9.17) is 9.73 Å². The lowest BCUT2D eigenvalue weighted by Gasteiger charge is -2.54. The van der Waals surface area contributed by atoms with E-state index in [1.54, 1.807) is 0 Å². The van der Waals surface area contributed by atoms with Crippen LogP contribution in [-0.2, 0) is 17.6 Å². The monoisotopic (exact) mass is 382 g/mol. The highest BCUT2D eigenvalue weighted by Gasteiger charge is 2.59. The van der Waals surface area contributed by atoms with Crippen LogP contribution in [-0.4, -0.2) is 42.8 Å². The number of H-pyrrole nitrogens is 1. The molecule has 5 nitrogen and oxygen atoms in total. The van der Waals surface area contributed by atoms with Crippen LogP contribution in [0, 0.1) is 11.3 Å². The Labute approximate surface area is 168 Å². The lowest BCUT2D eigenvalue weighted by atomic mass is 9.57. The predicted octanol–water partition coefficient (Wildman–Crippen LogP) is 3.64. The highest BCUT2D eigenvalue weighted by molar-refractivity contribution is 5.86. The zero-order chi connectivity index (χ0) is 19.7. The molecule has 5 heteroatoms. The van der Waals surface area contributed by atoms with Crippen LogP contribution in [0.1, 0.15) is 45.2 Å². The molecular weight excluding hydrogens is 348 g/mol. The molecule has 0 radical (unpaired) electrons. The third kappa shape index (κ3) is 3.30. The first-order valence-corrected chi connectivity index (χ1v) is 10.8. The van der Waals surface area contributed by atoms with E-state index in [0.717, 1.165) is 44.9 Å². The molecule has 1 aromatic carbocycles. The van der Waals surface area contributed by atoms with E-state index in [2.05, 4.69) is 67.7 Å². The van der Waals surface area contributed by atoms with Crippen molar-refractivity contribution in [2.45, 2.75) is 59.1 Å². The Morgan fingerprint density at radius 2 is 2.14 bits per heavy atom. The van der Waals surface area contributed by atoms with Crippen molar-refractivity contribution < 1.29 is 4.74 Å². The SMILES string of the molecule is CCNC(=NCCc1c[nH]c2c(CC)cccc12)NC1C2CCOC2C1(C)C. The van der Waals surface area contributed by atoms with Gasteiger partial charge in [0.25, 0.3) is 0 Å². The fourth-order valence-electron chi connectivity index (χ4n) is 5.15. The second-order valence-electron chi connectivity index (χ2n) is 8.71. The summed E-state index contributed by atoms with van der Waals surface area (Å²) in [5.41, 5.74) is 4.16. The van der Waals surface area contributed by atoms with Crippen molar-refractivity contribution in [2.24, 2.45) is 16.3 Å². The van der Waals surface area contributed by atoms with Gasteiger partial charge in [-0.3, -0.25) is 4.99 Å². The first-order valence-electron chi connectivity index (χ1n) is 10.8. The number of aromatic amines is 1. The Kier molecular flexibility index (Phi) is 5.37. The van der Waals surface area contributed by atoms with E-state index in [0.29, 0.717) is 18.1 Å². The normalized spacial score (nSPS) is 26.1. The molecule has 1 saturated heterocycles. The number of hydrogen-bond acceptors (Lipinski definition) is 2. The Bertz CT molecular complexity index is 853. The highest BCUT2D eigenvalue weighted by atomic mass is 16.5. The smallest absolute Gasteiger partial charge is 0.191 e. The number of nitrogens with one attached hydrogen (secondary N) is 3. The third-order valence-electron chi connectivity index (χ3n) is 6.66. The van der Waals surface area contributed by atoms with E-state index in [1.807, 2.05) is 0 Å². The second-order valence-corrected chi connectivity index (χ2v) is 8.71. The Balaban J connectivity index is 1.43. The summed E-state index contributed by atoms with van der Waals surface area (Å²) in [7, 11) is 0. The van der Waals surface area contributed by atoms with Crippen LogP contribution < -0.4 is 10.6 Å². The molecule has 4 rings (SSSR count). The van der Waals surface area contributed by atoms with Crippen molar-refractivity contribution in [3.05, 3.63) is 35.5 Å². The summed E-state index contributed by atoms with van der Waals surface area (Å²) in [4.78, 5) is 8.34. The van der Waals surface area contributed by atoms with Crippen molar-refractivity contribution >= 4 is 16.9 Å². The topological polar surface area (TPSA) is 61.4 Å². The van der Waals surface area contributed by atoms with Gasteiger partial charge in [0.2, 0.25) is 0 Å². The number of ether oxygens (including phenoxy) is 1. The van der Waals surface area contributed by atoms with Crippen molar-refractivity contribution in [3.63, 3.8) is 0 Å². The molecule has 2 aromatic rings. The maximum absolute atomic E-state index is 5.93. The molecule has 0 spiro atoms. The van der Waals surface area contributed by atoms with E-state index in [9.17, 15) is 0 Å². The zero-order valence-electron chi connectivity index (χ0n) is 17.6. The number of aliphatic imine (C=N–C) groups is 1. The van der Waals surface area contributed by atoms with Gasteiger partial charge in [-0.25, -0.2) is 0 Å². The average Bonchev–Trinajstić information content (AvgIpc) is 3.32. The number of fused-ring (bicyclic) bond motifs is 2. The molecule has 1 saturated carbocycles. The van der Waals surface area contributed by atoms with E-state index >= 15 is 0 Å². The predicted molar refractivity (Wildman–Crippen MR) is 116 cm³/mol. The van der Waals surface area contributed by atoms with Crippen LogP contribution in [0.2, 0.25) is 0 Å². The summed E-state index contributed by atoms with van der Waals surface area (Å²) in [5.74, 6) is 1.54. The lowest BCUT2D eigenvalue weighted by Crippen LogP contribution is -2.68. The van der Waals surface area contributed by atoms with E-state index in [1.165, 1.54) is 22.0 Å². The molecule has 152 valence electrons. The molecule has 0 amide bonds. The number of aromatic nitrogens is 1. The number of hydrogen-bond donors (Lipinski definition) is 3. The fourth-order valence-corrected chi connectivity index (χ4v) is 5.15. The first-order chi connectivity index (χ1) is 13.6. The lowest BCUT2D eigenvalue weighted by molar-refractivity contribution is -0.106. The number of para-hydroxylation sites is 1. The maximum atomic E-state index is 5.93. The minimum atomic E-state index is 0.157. The van der Waals surface area contributed by atoms with Gasteiger partial charge in [-0.05, 0) is 37.3 Å². The van der Waals surface area contributed by atoms with Gasteiger partial charge in [0.05, 0.1) is 6.10 Å². The molecule has 3 N–H and O–H groups in total. The summed E-state index contributed by atoms with van der Waals surface area (Å²) in [6.07, 6.45) is 5.68. The van der Waals surface area contributed by atoms with E-state index in [-0.39, 0.29) is 5.41 Å². The largest absolute Gasteiger partial charge is 0.377 e. The van der Waals surface area contributed by atoms with Gasteiger partial charge in [0.1, 0.15) is 0 Å². The number of aryl methyl sites for hydroxylation is 1. The molecule has 2 fully saturated rings. The van der Waals surface area contributed by atoms with Gasteiger partial charge in [0, 0.05) is 54.2 Å². The zero-order valence-corrected chi connectivity index (χ0v) is 17.6. The standard InChI is InChI=1S/C23H34N4O/c1-5-15-8-7-9-17-16(14-26-19(15)17)10-12-25-22(24-6-2)27-20-18-11-13-28-21(18)23(20,3)4/h7-9,14,18,20-21,26H,5-6,10-13H2,1-4H3,(H2,24,25,27). The van der Waals surface area contributed by atoms with Crippen LogP contribution in [0.3, 0.4) is 0 Å². The minimum Gasteiger partial charge on any atom is -0.377 e. The second kappa shape index (κ2) is 7.78. The van der Waals surface area contributed by atoms with Crippen LogP contribution >= 0.6 is 0 Å². The van der Waals surface area contributed by atoms with Gasteiger partial charge >= 0.3 is 0 Å². The van der Waals surface area contributed by atoms with Gasteiger partial charge in [-0.1, -0.05) is 39.0 Å². The summed E-state index contributed by atoms with van der Waals surface area (Å²) in [5, 5.41) is 8.46. The minimum absolute atomic E-state index is 0.157. The average molecular weight is 383 g/mol. The van der Waals surface area contributed by atoms with Crippen molar-refractivity contribution in [2.75, 3.05) is 19.7 Å². The van der Waals surface area contributed by atoms with Crippen molar-refractivity contribution in [3.8, 4) is 0 Å². The van der Waals surface area contributed by atoms with Gasteiger partial charge < -0.3 is 20.4 Å². The molecule has 3 atom stereocenters. The van der Waals surface area contributed by atoms with Gasteiger partial charge in [-0.15, -0.1) is 0 Å². The van der Waals surface area contributed by atoms with Crippen molar-refractivity contribution in [1.82, 2.24) is 15.6 Å². The Morgan fingerprint density at radius 1 is 1.29 bits per heavy atom. The highest BCUT2D eigenvalue weighted by Crippen LogP contribution is 2.52. The Hall–Kier alpha value is -2.01. The fraction of sp³-hybridized carbons (Fsp3) is 0.609. The molecule has 28 heavy (non-hydrogen) atoms. The van der Waals surface area contributed by atoms with Crippen LogP contribution in [0.15, 0.2) is 29.4 Å². The van der Waals surface area contributed by atoms with E-state index < -0.39 is 0 Å². The van der Waals surface area contributed by atoms with Crippen LogP contribution in [0.5, 0.6) is 0 Å². The summed E-state index contributed by atoms with van der Waals surface area (Å²) in [6.45, 7) is 11.5. The molecular formula is C23H34N4O. The summed E-state index contributed by atoms with van der Waals surface area (Å²) in [6, 6.07) is 7.00. The Morgan fingerprint density at radius 3 is 2.93 bits per heavy atom. The number of benzene rings is 1. The summed E-state index contributed by atoms with van der Waals surface area (Å²) >= 11 is 0. The van der Waals surface area contributed by atoms with Crippen LogP contribution in [0.25, 0.3) is 10.9 Å². The molecule has 1 aromatic heterocycles. The van der Waals surface area contributed by atoms with Gasteiger partial charge in [0.15, 0.2) is 5.96 Å².